The molecule has 94 valence electrons. The minimum absolute atomic E-state index is 0.681. The molecule has 1 aromatic heterocycles. The lowest BCUT2D eigenvalue weighted by molar-refractivity contribution is 1.06. The normalized spacial score (nSPS) is 10.6. The van der Waals surface area contributed by atoms with E-state index < -0.39 is 0 Å². The summed E-state index contributed by atoms with van der Waals surface area (Å²) in [5, 5.41) is 8.16. The van der Waals surface area contributed by atoms with E-state index in [4.69, 9.17) is 5.73 Å². The zero-order valence-electron chi connectivity index (χ0n) is 9.99. The molecule has 0 amide bonds. The number of benzene rings is 2. The lowest BCUT2D eigenvalue weighted by Gasteiger charge is -2.07. The number of rotatable bonds is 2. The molecule has 0 saturated heterocycles. The van der Waals surface area contributed by atoms with Crippen LogP contribution in [0.2, 0.25) is 0 Å². The summed E-state index contributed by atoms with van der Waals surface area (Å²) in [6.45, 7) is 0. The van der Waals surface area contributed by atoms with Crippen molar-refractivity contribution in [3.8, 4) is 17.1 Å². The number of nitrogens with zero attached hydrogens (tertiary/aromatic N) is 3. The van der Waals surface area contributed by atoms with Crippen LogP contribution < -0.4 is 5.73 Å². The van der Waals surface area contributed by atoms with E-state index in [9.17, 15) is 0 Å². The summed E-state index contributed by atoms with van der Waals surface area (Å²) in [5.74, 6) is 0.769. The van der Waals surface area contributed by atoms with Crippen molar-refractivity contribution in [3.05, 3.63) is 59.3 Å². The minimum Gasteiger partial charge on any atom is -0.398 e. The van der Waals surface area contributed by atoms with Crippen LogP contribution in [-0.4, -0.2) is 14.8 Å². The SMILES string of the molecule is Nc1cc(-c2nncn2-c2ccccc2)ccc1Br. The van der Waals surface area contributed by atoms with E-state index in [1.54, 1.807) is 6.33 Å². The van der Waals surface area contributed by atoms with Gasteiger partial charge in [-0.3, -0.25) is 4.57 Å². The van der Waals surface area contributed by atoms with Gasteiger partial charge in [-0.2, -0.15) is 0 Å². The Bertz CT molecular complexity index is 706. The number of hydrogen-bond acceptors (Lipinski definition) is 3. The molecule has 0 radical (unpaired) electrons. The third kappa shape index (κ3) is 2.24. The van der Waals surface area contributed by atoms with Crippen molar-refractivity contribution in [3.63, 3.8) is 0 Å². The Labute approximate surface area is 119 Å². The molecule has 2 aromatic carbocycles. The highest BCUT2D eigenvalue weighted by molar-refractivity contribution is 9.10. The highest BCUT2D eigenvalue weighted by atomic mass is 79.9. The van der Waals surface area contributed by atoms with Crippen LogP contribution in [0.15, 0.2) is 59.3 Å². The molecule has 5 heteroatoms. The maximum absolute atomic E-state index is 5.91. The number of nitrogens with two attached hydrogens (primary N) is 1. The molecule has 3 aromatic rings. The molecule has 0 unspecified atom stereocenters. The molecular formula is C14H11BrN4. The van der Waals surface area contributed by atoms with E-state index in [0.29, 0.717) is 5.69 Å². The van der Waals surface area contributed by atoms with Crippen LogP contribution in [-0.2, 0) is 0 Å². The van der Waals surface area contributed by atoms with Gasteiger partial charge in [0.05, 0.1) is 0 Å². The Kier molecular flexibility index (Phi) is 3.05. The molecule has 0 aliphatic carbocycles. The van der Waals surface area contributed by atoms with Gasteiger partial charge >= 0.3 is 0 Å². The van der Waals surface area contributed by atoms with Crippen LogP contribution in [0.4, 0.5) is 5.69 Å². The molecule has 1 heterocycles. The standard InChI is InChI=1S/C14H11BrN4/c15-12-7-6-10(8-13(12)16)14-18-17-9-19(14)11-4-2-1-3-5-11/h1-9H,16H2. The summed E-state index contributed by atoms with van der Waals surface area (Å²) in [7, 11) is 0. The van der Waals surface area contributed by atoms with Gasteiger partial charge in [-0.05, 0) is 46.3 Å². The van der Waals surface area contributed by atoms with Crippen LogP contribution in [0, 0.1) is 0 Å². The summed E-state index contributed by atoms with van der Waals surface area (Å²) in [6, 6.07) is 15.7. The number of nitrogen functional groups attached to an aromatic ring is 1. The lowest BCUT2D eigenvalue weighted by Crippen LogP contribution is -1.97. The second kappa shape index (κ2) is 4.85. The van der Waals surface area contributed by atoms with Crippen LogP contribution in [0.5, 0.6) is 0 Å². The molecule has 0 bridgehead atoms. The van der Waals surface area contributed by atoms with E-state index in [0.717, 1.165) is 21.5 Å². The van der Waals surface area contributed by atoms with Gasteiger partial charge in [0.2, 0.25) is 0 Å². The van der Waals surface area contributed by atoms with Crippen LogP contribution in [0.25, 0.3) is 17.1 Å². The Balaban J connectivity index is 2.12. The van der Waals surface area contributed by atoms with Gasteiger partial charge in [-0.15, -0.1) is 10.2 Å². The van der Waals surface area contributed by atoms with Gasteiger partial charge in [0.15, 0.2) is 5.82 Å². The fraction of sp³-hybridized carbons (Fsp3) is 0. The van der Waals surface area contributed by atoms with Crippen molar-refractivity contribution in [1.82, 2.24) is 14.8 Å². The first kappa shape index (κ1) is 11.9. The molecule has 0 atom stereocenters. The van der Waals surface area contributed by atoms with Gasteiger partial charge < -0.3 is 5.73 Å². The Morgan fingerprint density at radius 3 is 2.58 bits per heavy atom. The quantitative estimate of drug-likeness (QED) is 0.738. The summed E-state index contributed by atoms with van der Waals surface area (Å²) in [6.07, 6.45) is 1.70. The first-order valence-electron chi connectivity index (χ1n) is 5.76. The van der Waals surface area contributed by atoms with Crippen LogP contribution >= 0.6 is 15.9 Å². The predicted molar refractivity (Wildman–Crippen MR) is 78.9 cm³/mol. The fourth-order valence-electron chi connectivity index (χ4n) is 1.89. The summed E-state index contributed by atoms with van der Waals surface area (Å²) in [4.78, 5) is 0. The molecule has 0 aliphatic rings. The smallest absolute Gasteiger partial charge is 0.168 e. The van der Waals surface area contributed by atoms with Crippen LogP contribution in [0.1, 0.15) is 0 Å². The zero-order valence-corrected chi connectivity index (χ0v) is 11.6. The Morgan fingerprint density at radius 2 is 1.84 bits per heavy atom. The minimum atomic E-state index is 0.681. The average Bonchev–Trinajstić information content (AvgIpc) is 2.92. The fourth-order valence-corrected chi connectivity index (χ4v) is 2.14. The van der Waals surface area contributed by atoms with Gasteiger partial charge in [-0.25, -0.2) is 0 Å². The topological polar surface area (TPSA) is 56.7 Å². The Morgan fingerprint density at radius 1 is 1.05 bits per heavy atom. The summed E-state index contributed by atoms with van der Waals surface area (Å²) < 4.78 is 2.81. The van der Waals surface area contributed by atoms with Gasteiger partial charge in [0, 0.05) is 21.4 Å². The maximum Gasteiger partial charge on any atom is 0.168 e. The number of aromatic nitrogens is 3. The van der Waals surface area contributed by atoms with Crippen LogP contribution in [0.3, 0.4) is 0 Å². The molecule has 3 rings (SSSR count). The van der Waals surface area contributed by atoms with Gasteiger partial charge in [0.25, 0.3) is 0 Å². The van der Waals surface area contributed by atoms with E-state index in [1.807, 2.05) is 53.1 Å². The monoisotopic (exact) mass is 314 g/mol. The largest absolute Gasteiger partial charge is 0.398 e. The zero-order chi connectivity index (χ0) is 13.2. The summed E-state index contributed by atoms with van der Waals surface area (Å²) in [5.41, 5.74) is 8.54. The van der Waals surface area contributed by atoms with Gasteiger partial charge in [-0.1, -0.05) is 18.2 Å². The van der Waals surface area contributed by atoms with Gasteiger partial charge in [0.1, 0.15) is 6.33 Å². The molecule has 0 spiro atoms. The van der Waals surface area contributed by atoms with Crippen molar-refractivity contribution in [2.24, 2.45) is 0 Å². The molecular weight excluding hydrogens is 304 g/mol. The number of hydrogen-bond donors (Lipinski definition) is 1. The highest BCUT2D eigenvalue weighted by Crippen LogP contribution is 2.27. The number of para-hydroxylation sites is 1. The highest BCUT2D eigenvalue weighted by Gasteiger charge is 2.09. The predicted octanol–water partition coefficient (Wildman–Crippen LogP) is 3.28. The second-order valence-electron chi connectivity index (χ2n) is 4.10. The first-order chi connectivity index (χ1) is 9.25. The van der Waals surface area contributed by atoms with Crippen molar-refractivity contribution in [1.29, 1.82) is 0 Å². The molecule has 4 nitrogen and oxygen atoms in total. The number of halogens is 1. The third-order valence-corrected chi connectivity index (χ3v) is 3.56. The average molecular weight is 315 g/mol. The maximum atomic E-state index is 5.91. The third-order valence-electron chi connectivity index (χ3n) is 2.84. The van der Waals surface area contributed by atoms with Crippen molar-refractivity contribution < 1.29 is 0 Å². The number of anilines is 1. The van der Waals surface area contributed by atoms with E-state index >= 15 is 0 Å². The molecule has 0 aliphatic heterocycles. The lowest BCUT2D eigenvalue weighted by atomic mass is 10.2. The molecule has 0 fully saturated rings. The second-order valence-corrected chi connectivity index (χ2v) is 4.95. The molecule has 2 N–H and O–H groups in total. The van der Waals surface area contributed by atoms with E-state index in [1.165, 1.54) is 0 Å². The molecule has 0 saturated carbocycles. The van der Waals surface area contributed by atoms with Crippen molar-refractivity contribution >= 4 is 21.6 Å². The van der Waals surface area contributed by atoms with E-state index in [2.05, 4.69) is 26.1 Å². The van der Waals surface area contributed by atoms with Crippen molar-refractivity contribution in [2.45, 2.75) is 0 Å². The summed E-state index contributed by atoms with van der Waals surface area (Å²) >= 11 is 3.39. The molecule has 19 heavy (non-hydrogen) atoms. The first-order valence-corrected chi connectivity index (χ1v) is 6.56. The van der Waals surface area contributed by atoms with Crippen molar-refractivity contribution in [2.75, 3.05) is 5.73 Å². The van der Waals surface area contributed by atoms with E-state index in [-0.39, 0.29) is 0 Å². The Hall–Kier alpha value is -2.14.